The van der Waals surface area contributed by atoms with Crippen LogP contribution in [0.3, 0.4) is 0 Å². The molecule has 3 aromatic carbocycles. The van der Waals surface area contributed by atoms with Gasteiger partial charge in [0.15, 0.2) is 22.6 Å². The van der Waals surface area contributed by atoms with Crippen molar-refractivity contribution in [3.8, 4) is 17.6 Å². The minimum Gasteiger partial charge on any atom is -0.508 e. The maximum atomic E-state index is 14.4. The van der Waals surface area contributed by atoms with Gasteiger partial charge in [-0.2, -0.15) is 0 Å². The van der Waals surface area contributed by atoms with Gasteiger partial charge in [-0.25, -0.2) is 17.4 Å². The zero-order chi connectivity index (χ0) is 21.1. The van der Waals surface area contributed by atoms with Crippen molar-refractivity contribution in [2.24, 2.45) is 0 Å². The molecule has 7 heteroatoms. The van der Waals surface area contributed by atoms with Crippen molar-refractivity contribution in [2.75, 3.05) is 4.72 Å². The second-order valence-corrected chi connectivity index (χ2v) is 7.54. The van der Waals surface area contributed by atoms with E-state index in [1.807, 2.05) is 0 Å². The molecule has 0 aliphatic heterocycles. The molecule has 1 atom stereocenters. The lowest BCUT2D eigenvalue weighted by atomic mass is 10.1. The Morgan fingerprint density at radius 1 is 0.897 bits per heavy atom. The number of rotatable bonds is 3. The highest BCUT2D eigenvalue weighted by Crippen LogP contribution is 2.25. The third-order valence-electron chi connectivity index (χ3n) is 4.07. The third-order valence-corrected chi connectivity index (χ3v) is 5.29. The fourth-order valence-electron chi connectivity index (χ4n) is 2.59. The molecular formula is C22H16F3NO2S. The van der Waals surface area contributed by atoms with Crippen molar-refractivity contribution < 1.29 is 22.5 Å². The molecule has 0 spiro atoms. The summed E-state index contributed by atoms with van der Waals surface area (Å²) < 4.78 is 57.5. The summed E-state index contributed by atoms with van der Waals surface area (Å²) in [5.74, 6) is 2.82. The summed E-state index contributed by atoms with van der Waals surface area (Å²) >= 11 is 0. The second kappa shape index (κ2) is 8.41. The molecular weight excluding hydrogens is 399 g/mol. The van der Waals surface area contributed by atoms with E-state index in [2.05, 4.69) is 16.6 Å². The maximum absolute atomic E-state index is 14.4. The Balaban J connectivity index is 1.88. The molecule has 29 heavy (non-hydrogen) atoms. The Bertz CT molecular complexity index is 1160. The lowest BCUT2D eigenvalue weighted by Gasteiger charge is -2.12. The van der Waals surface area contributed by atoms with Crippen molar-refractivity contribution in [2.45, 2.75) is 18.7 Å². The summed E-state index contributed by atoms with van der Waals surface area (Å²) in [6.07, 6.45) is 0. The van der Waals surface area contributed by atoms with Crippen LogP contribution < -0.4 is 4.72 Å². The average Bonchev–Trinajstić information content (AvgIpc) is 2.65. The number of aromatic hydroxyl groups is 1. The predicted octanol–water partition coefficient (Wildman–Crippen LogP) is 4.96. The molecule has 0 radical (unpaired) electrons. The Morgan fingerprint density at radius 2 is 1.55 bits per heavy atom. The maximum Gasteiger partial charge on any atom is 0.151 e. The van der Waals surface area contributed by atoms with Crippen LogP contribution in [0.4, 0.5) is 18.9 Å². The summed E-state index contributed by atoms with van der Waals surface area (Å²) in [5, 5.41) is 9.42. The fraction of sp³-hybridized carbons (Fsp3) is 0.0909. The lowest BCUT2D eigenvalue weighted by Crippen LogP contribution is -2.10. The van der Waals surface area contributed by atoms with E-state index in [4.69, 9.17) is 0 Å². The lowest BCUT2D eigenvalue weighted by molar-refractivity contribution is 0.475. The van der Waals surface area contributed by atoms with Crippen LogP contribution in [-0.4, -0.2) is 9.32 Å². The molecule has 0 aliphatic carbocycles. The van der Waals surface area contributed by atoms with Crippen molar-refractivity contribution in [1.29, 1.82) is 0 Å². The summed E-state index contributed by atoms with van der Waals surface area (Å²) in [5.41, 5.74) is 0.628. The smallest absolute Gasteiger partial charge is 0.151 e. The van der Waals surface area contributed by atoms with Crippen LogP contribution in [0, 0.1) is 43.1 Å². The Kier molecular flexibility index (Phi) is 5.95. The van der Waals surface area contributed by atoms with Crippen LogP contribution in [0.25, 0.3) is 0 Å². The van der Waals surface area contributed by atoms with Gasteiger partial charge in [0.25, 0.3) is 0 Å². The molecule has 2 N–H and O–H groups in total. The first-order chi connectivity index (χ1) is 13.7. The zero-order valence-electron chi connectivity index (χ0n) is 15.5. The molecule has 3 nitrogen and oxygen atoms in total. The summed E-state index contributed by atoms with van der Waals surface area (Å²) in [6, 6.07) is 10.9. The van der Waals surface area contributed by atoms with Gasteiger partial charge in [0.05, 0.1) is 4.90 Å². The van der Waals surface area contributed by atoms with Gasteiger partial charge in [0, 0.05) is 16.7 Å². The highest BCUT2D eigenvalue weighted by Gasteiger charge is 2.17. The summed E-state index contributed by atoms with van der Waals surface area (Å²) in [7, 11) is -2.06. The molecule has 0 saturated heterocycles. The number of hydrogen-bond acceptors (Lipinski definition) is 2. The van der Waals surface area contributed by atoms with E-state index in [0.29, 0.717) is 11.1 Å². The predicted molar refractivity (Wildman–Crippen MR) is 106 cm³/mol. The van der Waals surface area contributed by atoms with E-state index in [-0.39, 0.29) is 21.8 Å². The number of aryl methyl sites for hydroxylation is 1. The molecule has 0 aliphatic rings. The number of halogens is 3. The van der Waals surface area contributed by atoms with E-state index in [1.165, 1.54) is 31.2 Å². The Morgan fingerprint density at radius 3 is 2.21 bits per heavy atom. The van der Waals surface area contributed by atoms with Gasteiger partial charge in [0.1, 0.15) is 17.3 Å². The van der Waals surface area contributed by atoms with Gasteiger partial charge in [-0.3, -0.25) is 4.72 Å². The van der Waals surface area contributed by atoms with Crippen LogP contribution in [0.5, 0.6) is 5.75 Å². The monoisotopic (exact) mass is 415 g/mol. The van der Waals surface area contributed by atoms with Crippen LogP contribution >= 0.6 is 0 Å². The summed E-state index contributed by atoms with van der Waals surface area (Å²) in [6.45, 7) is 3.07. The number of hydrogen-bond donors (Lipinski definition) is 2. The Labute approximate surface area is 168 Å². The fourth-order valence-corrected chi connectivity index (χ4v) is 3.75. The molecule has 0 fully saturated rings. The third kappa shape index (κ3) is 4.79. The first-order valence-corrected chi connectivity index (χ1v) is 9.65. The first-order valence-electron chi connectivity index (χ1n) is 8.50. The van der Waals surface area contributed by atoms with Gasteiger partial charge < -0.3 is 5.11 Å². The van der Waals surface area contributed by atoms with E-state index in [9.17, 15) is 22.5 Å². The van der Waals surface area contributed by atoms with Crippen LogP contribution in [0.1, 0.15) is 22.3 Å². The van der Waals surface area contributed by atoms with E-state index < -0.39 is 34.1 Å². The number of benzene rings is 3. The highest BCUT2D eigenvalue weighted by atomic mass is 32.2. The van der Waals surface area contributed by atoms with E-state index >= 15 is 0 Å². The molecule has 1 unspecified atom stereocenters. The largest absolute Gasteiger partial charge is 0.508 e. The van der Waals surface area contributed by atoms with Crippen LogP contribution in [0.2, 0.25) is 0 Å². The van der Waals surface area contributed by atoms with Gasteiger partial charge in [-0.15, -0.1) is 0 Å². The molecule has 0 aromatic heterocycles. The minimum absolute atomic E-state index is 0.0269. The molecule has 0 amide bonds. The van der Waals surface area contributed by atoms with Gasteiger partial charge in [0.2, 0.25) is 0 Å². The SMILES string of the molecule is Cc1cc(F)c(C)c(S(=O)Nc2c(F)cc(C#Cc3cccc(O)c3)cc2F)c1. The van der Waals surface area contributed by atoms with E-state index in [0.717, 1.165) is 12.1 Å². The number of anilines is 1. The highest BCUT2D eigenvalue weighted by molar-refractivity contribution is 7.86. The first kappa shape index (κ1) is 20.5. The van der Waals surface area contributed by atoms with Gasteiger partial charge in [-0.05, 0) is 61.9 Å². The minimum atomic E-state index is -2.06. The normalized spacial score (nSPS) is 11.5. The average molecular weight is 415 g/mol. The second-order valence-electron chi connectivity index (χ2n) is 6.36. The summed E-state index contributed by atoms with van der Waals surface area (Å²) in [4.78, 5) is 0.106. The topological polar surface area (TPSA) is 49.3 Å². The molecule has 3 aromatic rings. The standard InChI is InChI=1S/C22H16F3NO2S/c1-13-8-18(23)14(2)21(9-13)29(28)26-22-19(24)11-16(12-20(22)25)7-6-15-4-3-5-17(27)10-15/h3-5,8-12,26-27H,1-2H3. The van der Waals surface area contributed by atoms with E-state index in [1.54, 1.807) is 19.1 Å². The molecule has 148 valence electrons. The molecule has 0 saturated carbocycles. The van der Waals surface area contributed by atoms with Gasteiger partial charge in [-0.1, -0.05) is 17.9 Å². The van der Waals surface area contributed by atoms with Crippen molar-refractivity contribution in [3.05, 3.63) is 88.2 Å². The van der Waals surface area contributed by atoms with Crippen molar-refractivity contribution in [3.63, 3.8) is 0 Å². The number of phenolic OH excluding ortho intramolecular Hbond substituents is 1. The van der Waals surface area contributed by atoms with Gasteiger partial charge >= 0.3 is 0 Å². The molecule has 3 rings (SSSR count). The van der Waals surface area contributed by atoms with Crippen molar-refractivity contribution >= 4 is 16.7 Å². The molecule has 0 heterocycles. The van der Waals surface area contributed by atoms with Crippen molar-refractivity contribution in [1.82, 2.24) is 0 Å². The van der Waals surface area contributed by atoms with Crippen LogP contribution in [-0.2, 0) is 11.0 Å². The quantitative estimate of drug-likeness (QED) is 0.594. The Hall–Kier alpha value is -3.24. The van der Waals surface area contributed by atoms with Crippen LogP contribution in [0.15, 0.2) is 53.4 Å². The number of nitrogens with one attached hydrogen (secondary N) is 1. The number of phenols is 1. The molecule has 0 bridgehead atoms. The zero-order valence-corrected chi connectivity index (χ0v) is 16.3.